The number of fused-ring (bicyclic) bond motifs is 1. The van der Waals surface area contributed by atoms with Crippen LogP contribution in [0.3, 0.4) is 0 Å². The van der Waals surface area contributed by atoms with Crippen LogP contribution in [0.4, 0.5) is 0 Å². The first-order valence-electron chi connectivity index (χ1n) is 6.32. The van der Waals surface area contributed by atoms with Crippen molar-refractivity contribution in [3.8, 4) is 5.75 Å². The van der Waals surface area contributed by atoms with Crippen molar-refractivity contribution in [1.82, 2.24) is 10.3 Å². The molecule has 7 heteroatoms. The summed E-state index contributed by atoms with van der Waals surface area (Å²) in [7, 11) is 0. The molecule has 0 aliphatic carbocycles. The summed E-state index contributed by atoms with van der Waals surface area (Å²) in [6.45, 7) is 2.02. The van der Waals surface area contributed by atoms with Crippen molar-refractivity contribution in [3.63, 3.8) is 0 Å². The van der Waals surface area contributed by atoms with E-state index in [0.717, 1.165) is 37.1 Å². The molecule has 6 nitrogen and oxygen atoms in total. The van der Waals surface area contributed by atoms with E-state index >= 15 is 0 Å². The molecular formula is C14H21ClN2O4. The number of aromatic nitrogens is 1. The Bertz CT molecular complexity index is 611. The zero-order valence-electron chi connectivity index (χ0n) is 11.5. The standard InChI is InChI=1S/C14H16N2O2.ClH.2H2O/c17-14-13-2-1-12(9-10(13)3-8-16-14)18-11-4-6-15-7-5-11;;;/h1-3,8-9,11,15H,4-7H2,(H,16,17);1H;2*1H2. The Hall–Kier alpha value is -1.60. The van der Waals surface area contributed by atoms with Crippen molar-refractivity contribution in [2.75, 3.05) is 13.1 Å². The van der Waals surface area contributed by atoms with E-state index in [-0.39, 0.29) is 35.0 Å². The smallest absolute Gasteiger partial charge is 0.255 e. The third-order valence-electron chi connectivity index (χ3n) is 3.33. The fourth-order valence-electron chi connectivity index (χ4n) is 2.35. The van der Waals surface area contributed by atoms with Gasteiger partial charge in [-0.05, 0) is 55.6 Å². The lowest BCUT2D eigenvalue weighted by molar-refractivity contribution is 0.162. The zero-order valence-corrected chi connectivity index (χ0v) is 12.3. The predicted molar refractivity (Wildman–Crippen MR) is 85.6 cm³/mol. The van der Waals surface area contributed by atoms with Gasteiger partial charge >= 0.3 is 0 Å². The monoisotopic (exact) mass is 316 g/mol. The molecule has 0 radical (unpaired) electrons. The minimum Gasteiger partial charge on any atom is -0.490 e. The third-order valence-corrected chi connectivity index (χ3v) is 3.33. The second-order valence-electron chi connectivity index (χ2n) is 4.62. The molecule has 21 heavy (non-hydrogen) atoms. The largest absolute Gasteiger partial charge is 0.490 e. The highest BCUT2D eigenvalue weighted by Gasteiger charge is 2.14. The van der Waals surface area contributed by atoms with Crippen LogP contribution >= 0.6 is 12.4 Å². The number of rotatable bonds is 2. The van der Waals surface area contributed by atoms with Crippen molar-refractivity contribution < 1.29 is 15.7 Å². The molecule has 1 fully saturated rings. The summed E-state index contributed by atoms with van der Waals surface area (Å²) in [6.07, 6.45) is 4.02. The number of hydrogen-bond acceptors (Lipinski definition) is 3. The van der Waals surface area contributed by atoms with Crippen LogP contribution in [-0.4, -0.2) is 35.1 Å². The first kappa shape index (κ1) is 19.4. The van der Waals surface area contributed by atoms with E-state index in [9.17, 15) is 4.79 Å². The normalized spacial score (nSPS) is 14.5. The van der Waals surface area contributed by atoms with E-state index in [4.69, 9.17) is 4.74 Å². The summed E-state index contributed by atoms with van der Waals surface area (Å²) < 4.78 is 5.95. The minimum absolute atomic E-state index is 0. The topological polar surface area (TPSA) is 117 Å². The molecule has 1 aliphatic rings. The lowest BCUT2D eigenvalue weighted by Crippen LogP contribution is -2.34. The second kappa shape index (κ2) is 8.63. The number of piperidine rings is 1. The first-order valence-corrected chi connectivity index (χ1v) is 6.32. The van der Waals surface area contributed by atoms with Crippen LogP contribution in [0.25, 0.3) is 10.8 Å². The van der Waals surface area contributed by atoms with Gasteiger partial charge in [0.25, 0.3) is 5.56 Å². The van der Waals surface area contributed by atoms with Gasteiger partial charge in [0.15, 0.2) is 0 Å². The molecule has 0 unspecified atom stereocenters. The average Bonchev–Trinajstić information content (AvgIpc) is 2.40. The van der Waals surface area contributed by atoms with Crippen molar-refractivity contribution in [1.29, 1.82) is 0 Å². The lowest BCUT2D eigenvalue weighted by Gasteiger charge is -2.23. The van der Waals surface area contributed by atoms with Gasteiger partial charge in [-0.15, -0.1) is 12.4 Å². The summed E-state index contributed by atoms with van der Waals surface area (Å²) in [4.78, 5) is 14.2. The minimum atomic E-state index is -0.0547. The summed E-state index contributed by atoms with van der Waals surface area (Å²) in [6, 6.07) is 7.53. The predicted octanol–water partition coefficient (Wildman–Crippen LogP) is 0.431. The highest BCUT2D eigenvalue weighted by Crippen LogP contribution is 2.21. The van der Waals surface area contributed by atoms with Crippen LogP contribution in [0.2, 0.25) is 0 Å². The summed E-state index contributed by atoms with van der Waals surface area (Å²) in [5, 5.41) is 4.94. The van der Waals surface area contributed by atoms with E-state index in [1.807, 2.05) is 24.3 Å². The number of halogens is 1. The van der Waals surface area contributed by atoms with Gasteiger partial charge in [-0.3, -0.25) is 4.79 Å². The summed E-state index contributed by atoms with van der Waals surface area (Å²) >= 11 is 0. The Morgan fingerprint density at radius 3 is 2.52 bits per heavy atom. The Labute approximate surface area is 128 Å². The second-order valence-corrected chi connectivity index (χ2v) is 4.62. The number of benzene rings is 1. The van der Waals surface area contributed by atoms with Crippen molar-refractivity contribution >= 4 is 23.2 Å². The van der Waals surface area contributed by atoms with Crippen molar-refractivity contribution in [3.05, 3.63) is 40.8 Å². The molecule has 0 atom stereocenters. The molecule has 118 valence electrons. The number of ether oxygens (including phenoxy) is 1. The van der Waals surface area contributed by atoms with Gasteiger partial charge in [-0.2, -0.15) is 0 Å². The Morgan fingerprint density at radius 2 is 1.81 bits per heavy atom. The fraction of sp³-hybridized carbons (Fsp3) is 0.357. The average molecular weight is 317 g/mol. The van der Waals surface area contributed by atoms with Gasteiger partial charge in [0.1, 0.15) is 11.9 Å². The van der Waals surface area contributed by atoms with Gasteiger partial charge in [0, 0.05) is 11.6 Å². The van der Waals surface area contributed by atoms with Crippen LogP contribution in [0.15, 0.2) is 35.3 Å². The van der Waals surface area contributed by atoms with E-state index in [1.165, 1.54) is 0 Å². The lowest BCUT2D eigenvalue weighted by atomic mass is 10.1. The molecule has 0 spiro atoms. The Balaban J connectivity index is 0.00000133. The highest BCUT2D eigenvalue weighted by molar-refractivity contribution is 5.85. The molecule has 1 saturated heterocycles. The number of hydrogen-bond donors (Lipinski definition) is 2. The molecule has 1 aromatic carbocycles. The summed E-state index contributed by atoms with van der Waals surface area (Å²) in [5.41, 5.74) is -0.0547. The highest BCUT2D eigenvalue weighted by atomic mass is 35.5. The number of H-pyrrole nitrogens is 1. The maximum atomic E-state index is 11.6. The molecule has 2 heterocycles. The quantitative estimate of drug-likeness (QED) is 0.836. The van der Waals surface area contributed by atoms with Crippen molar-refractivity contribution in [2.24, 2.45) is 0 Å². The molecular weight excluding hydrogens is 296 g/mol. The van der Waals surface area contributed by atoms with E-state index in [0.29, 0.717) is 5.39 Å². The van der Waals surface area contributed by atoms with Gasteiger partial charge in [-0.1, -0.05) is 0 Å². The van der Waals surface area contributed by atoms with Crippen LogP contribution in [-0.2, 0) is 0 Å². The molecule has 2 aromatic rings. The molecule has 1 aliphatic heterocycles. The van der Waals surface area contributed by atoms with Crippen LogP contribution < -0.4 is 15.6 Å². The maximum absolute atomic E-state index is 11.6. The number of nitrogens with one attached hydrogen (secondary N) is 2. The molecule has 1 aromatic heterocycles. The SMILES string of the molecule is Cl.O.O.O=c1[nH]ccc2cc(OC3CCNCC3)ccc12. The van der Waals surface area contributed by atoms with Crippen LogP contribution in [0, 0.1) is 0 Å². The number of aromatic amines is 1. The maximum Gasteiger partial charge on any atom is 0.255 e. The Kier molecular flexibility index (Phi) is 7.98. The van der Waals surface area contributed by atoms with Gasteiger partial charge in [-0.25, -0.2) is 0 Å². The van der Waals surface area contributed by atoms with Gasteiger partial charge in [0.05, 0.1) is 0 Å². The van der Waals surface area contributed by atoms with E-state index in [1.54, 1.807) is 6.20 Å². The summed E-state index contributed by atoms with van der Waals surface area (Å²) in [5.74, 6) is 0.847. The molecule has 0 saturated carbocycles. The fourth-order valence-corrected chi connectivity index (χ4v) is 2.35. The number of pyridine rings is 1. The molecule has 0 bridgehead atoms. The Morgan fingerprint density at radius 1 is 1.10 bits per heavy atom. The van der Waals surface area contributed by atoms with Crippen molar-refractivity contribution in [2.45, 2.75) is 18.9 Å². The zero-order chi connectivity index (χ0) is 12.4. The van der Waals surface area contributed by atoms with Gasteiger partial charge in [0.2, 0.25) is 0 Å². The first-order chi connectivity index (χ1) is 8.83. The molecule has 0 amide bonds. The molecule has 3 rings (SSSR count). The third kappa shape index (κ3) is 4.44. The van der Waals surface area contributed by atoms with Gasteiger partial charge < -0.3 is 26.0 Å². The van der Waals surface area contributed by atoms with E-state index < -0.39 is 0 Å². The van der Waals surface area contributed by atoms with Crippen LogP contribution in [0.5, 0.6) is 5.75 Å². The van der Waals surface area contributed by atoms with E-state index in [2.05, 4.69) is 10.3 Å². The molecule has 6 N–H and O–H groups in total. The van der Waals surface area contributed by atoms with Crippen LogP contribution in [0.1, 0.15) is 12.8 Å².